The molecular formula is C18H26N4S. The number of nitrogens with two attached hydrogens (primary N) is 1. The number of hydrogen-bond acceptors (Lipinski definition) is 5. The Bertz CT molecular complexity index is 713. The lowest BCUT2D eigenvalue weighted by molar-refractivity contribution is 0.410. The van der Waals surface area contributed by atoms with Crippen LogP contribution < -0.4 is 11.1 Å². The molecule has 23 heavy (non-hydrogen) atoms. The minimum Gasteiger partial charge on any atom is -0.367 e. The van der Waals surface area contributed by atoms with Crippen molar-refractivity contribution in [2.24, 2.45) is 5.73 Å². The van der Waals surface area contributed by atoms with Crippen LogP contribution in [0.1, 0.15) is 62.8 Å². The molecule has 0 radical (unpaired) electrons. The largest absolute Gasteiger partial charge is 0.367 e. The predicted octanol–water partition coefficient (Wildman–Crippen LogP) is 3.99. The molecule has 1 saturated carbocycles. The maximum atomic E-state index is 6.04. The van der Waals surface area contributed by atoms with Crippen molar-refractivity contribution >= 4 is 27.4 Å². The Kier molecular flexibility index (Phi) is 3.81. The third kappa shape index (κ3) is 2.74. The van der Waals surface area contributed by atoms with E-state index in [-0.39, 0.29) is 5.41 Å². The van der Waals surface area contributed by atoms with Crippen LogP contribution in [0.2, 0.25) is 0 Å². The Balaban J connectivity index is 1.74. The molecule has 2 aliphatic carbocycles. The van der Waals surface area contributed by atoms with E-state index in [9.17, 15) is 0 Å². The molecule has 2 aliphatic rings. The summed E-state index contributed by atoms with van der Waals surface area (Å²) in [5.74, 6) is 1.04. The van der Waals surface area contributed by atoms with Gasteiger partial charge in [0, 0.05) is 17.0 Å². The molecule has 5 heteroatoms. The van der Waals surface area contributed by atoms with Crippen LogP contribution in [0.25, 0.3) is 10.2 Å². The van der Waals surface area contributed by atoms with Gasteiger partial charge in [-0.25, -0.2) is 9.97 Å². The summed E-state index contributed by atoms with van der Waals surface area (Å²) in [5, 5.41) is 5.00. The smallest absolute Gasteiger partial charge is 0.138 e. The Labute approximate surface area is 141 Å². The van der Waals surface area contributed by atoms with Crippen LogP contribution in [-0.4, -0.2) is 22.1 Å². The summed E-state index contributed by atoms with van der Waals surface area (Å²) < 4.78 is 0. The first-order valence-corrected chi connectivity index (χ1v) is 9.65. The van der Waals surface area contributed by atoms with E-state index >= 15 is 0 Å². The maximum Gasteiger partial charge on any atom is 0.138 e. The first-order chi connectivity index (χ1) is 11.0. The quantitative estimate of drug-likeness (QED) is 0.874. The molecule has 2 heterocycles. The molecule has 0 saturated heterocycles. The van der Waals surface area contributed by atoms with E-state index in [4.69, 9.17) is 5.73 Å². The molecule has 0 amide bonds. The first-order valence-electron chi connectivity index (χ1n) is 8.83. The number of thiophene rings is 1. The molecule has 0 bridgehead atoms. The van der Waals surface area contributed by atoms with Crippen molar-refractivity contribution in [2.75, 3.05) is 5.32 Å². The van der Waals surface area contributed by atoms with Gasteiger partial charge in [-0.2, -0.15) is 0 Å². The summed E-state index contributed by atoms with van der Waals surface area (Å²) in [4.78, 5) is 11.9. The van der Waals surface area contributed by atoms with Crippen molar-refractivity contribution in [3.63, 3.8) is 0 Å². The Morgan fingerprint density at radius 2 is 2.00 bits per heavy atom. The van der Waals surface area contributed by atoms with E-state index in [1.165, 1.54) is 35.1 Å². The van der Waals surface area contributed by atoms with Crippen LogP contribution in [0.5, 0.6) is 0 Å². The van der Waals surface area contributed by atoms with Crippen LogP contribution in [0.3, 0.4) is 0 Å². The van der Waals surface area contributed by atoms with Crippen LogP contribution in [-0.2, 0) is 11.8 Å². The maximum absolute atomic E-state index is 6.04. The minimum atomic E-state index is 0.224. The lowest BCUT2D eigenvalue weighted by atomic mass is 9.75. The summed E-state index contributed by atoms with van der Waals surface area (Å²) in [6.45, 7) is 4.74. The number of nitrogens with one attached hydrogen (secondary N) is 1. The molecule has 0 aromatic carbocycles. The van der Waals surface area contributed by atoms with Crippen molar-refractivity contribution in [2.45, 2.75) is 76.3 Å². The fourth-order valence-electron chi connectivity index (χ4n) is 4.25. The number of aryl methyl sites for hydroxylation is 1. The Morgan fingerprint density at radius 1 is 1.22 bits per heavy atom. The van der Waals surface area contributed by atoms with Gasteiger partial charge in [-0.1, -0.05) is 13.8 Å². The zero-order valence-electron chi connectivity index (χ0n) is 14.1. The highest BCUT2D eigenvalue weighted by Crippen LogP contribution is 2.46. The second kappa shape index (κ2) is 5.71. The topological polar surface area (TPSA) is 63.8 Å². The zero-order valence-corrected chi connectivity index (χ0v) is 14.9. The normalized spacial score (nSPS) is 26.9. The molecule has 2 aromatic rings. The van der Waals surface area contributed by atoms with Gasteiger partial charge in [-0.15, -0.1) is 11.3 Å². The fourth-order valence-corrected chi connectivity index (χ4v) is 5.61. The summed E-state index contributed by atoms with van der Waals surface area (Å²) >= 11 is 1.87. The third-order valence-electron chi connectivity index (χ3n) is 5.56. The minimum absolute atomic E-state index is 0.224. The van der Waals surface area contributed by atoms with Crippen LogP contribution in [0.4, 0.5) is 5.82 Å². The van der Waals surface area contributed by atoms with Crippen molar-refractivity contribution in [3.05, 3.63) is 16.8 Å². The highest BCUT2D eigenvalue weighted by atomic mass is 32.1. The second-order valence-corrected chi connectivity index (χ2v) is 8.88. The zero-order chi connectivity index (χ0) is 16.0. The molecule has 4 rings (SSSR count). The van der Waals surface area contributed by atoms with Crippen LogP contribution in [0, 0.1) is 0 Å². The number of nitrogens with zero attached hydrogens (tertiary/aromatic N) is 2. The molecule has 3 N–H and O–H groups in total. The van der Waals surface area contributed by atoms with Gasteiger partial charge in [0.2, 0.25) is 0 Å². The molecule has 0 spiro atoms. The highest BCUT2D eigenvalue weighted by Gasteiger charge is 2.33. The van der Waals surface area contributed by atoms with Crippen molar-refractivity contribution in [1.82, 2.24) is 9.97 Å². The molecule has 0 aliphatic heterocycles. The highest BCUT2D eigenvalue weighted by molar-refractivity contribution is 7.19. The fraction of sp³-hybridized carbons (Fsp3) is 0.667. The molecule has 1 fully saturated rings. The Morgan fingerprint density at radius 3 is 2.78 bits per heavy atom. The summed E-state index contributed by atoms with van der Waals surface area (Å²) in [7, 11) is 0. The average Bonchev–Trinajstić information content (AvgIpc) is 2.90. The van der Waals surface area contributed by atoms with Gasteiger partial charge >= 0.3 is 0 Å². The first kappa shape index (κ1) is 15.3. The number of aromatic nitrogens is 2. The molecule has 2 aromatic heterocycles. The number of hydrogen-bond donors (Lipinski definition) is 2. The van der Waals surface area contributed by atoms with Gasteiger partial charge in [0.25, 0.3) is 0 Å². The summed E-state index contributed by atoms with van der Waals surface area (Å²) in [6, 6.07) is 0.876. The summed E-state index contributed by atoms with van der Waals surface area (Å²) in [5.41, 5.74) is 7.76. The standard InChI is InChI=1S/C18H26N4S/c1-18(2)9-3-4-13-15(18)14-16(20-10-21-17(14)23-13)22-12-7-5-11(19)6-8-12/h10-12H,3-9,19H2,1-2H3,(H,20,21,22)/t11-,12-. The van der Waals surface area contributed by atoms with Crippen LogP contribution in [0.15, 0.2) is 6.33 Å². The van der Waals surface area contributed by atoms with Crippen molar-refractivity contribution in [1.29, 1.82) is 0 Å². The predicted molar refractivity (Wildman–Crippen MR) is 97.2 cm³/mol. The van der Waals surface area contributed by atoms with Crippen LogP contribution >= 0.6 is 11.3 Å². The van der Waals surface area contributed by atoms with E-state index in [1.54, 1.807) is 6.33 Å². The monoisotopic (exact) mass is 330 g/mol. The Hall–Kier alpha value is -1.20. The average molecular weight is 331 g/mol. The van der Waals surface area contributed by atoms with Gasteiger partial charge in [0.1, 0.15) is 17.0 Å². The van der Waals surface area contributed by atoms with Gasteiger partial charge in [0.05, 0.1) is 5.39 Å². The second-order valence-electron chi connectivity index (χ2n) is 7.80. The molecule has 0 atom stereocenters. The molecule has 124 valence electrons. The lowest BCUT2D eigenvalue weighted by Gasteiger charge is -2.31. The van der Waals surface area contributed by atoms with Gasteiger partial charge in [-0.05, 0) is 55.9 Å². The van der Waals surface area contributed by atoms with E-state index in [0.717, 1.165) is 36.3 Å². The molecule has 4 nitrogen and oxygen atoms in total. The van der Waals surface area contributed by atoms with Gasteiger partial charge in [0.15, 0.2) is 0 Å². The van der Waals surface area contributed by atoms with Gasteiger partial charge in [-0.3, -0.25) is 0 Å². The van der Waals surface area contributed by atoms with E-state index in [0.29, 0.717) is 12.1 Å². The third-order valence-corrected chi connectivity index (χ3v) is 6.71. The lowest BCUT2D eigenvalue weighted by Crippen LogP contribution is -2.33. The van der Waals surface area contributed by atoms with Crippen molar-refractivity contribution in [3.8, 4) is 0 Å². The SMILES string of the molecule is CC1(C)CCCc2sc3ncnc(N[C@H]4CC[C@H](N)CC4)c3c21. The van der Waals surface area contributed by atoms with E-state index in [2.05, 4.69) is 29.1 Å². The number of rotatable bonds is 2. The van der Waals surface area contributed by atoms with E-state index < -0.39 is 0 Å². The van der Waals surface area contributed by atoms with Crippen molar-refractivity contribution < 1.29 is 0 Å². The van der Waals surface area contributed by atoms with Gasteiger partial charge < -0.3 is 11.1 Å². The van der Waals surface area contributed by atoms with E-state index in [1.807, 2.05) is 11.3 Å². The number of anilines is 1. The number of fused-ring (bicyclic) bond motifs is 3. The summed E-state index contributed by atoms with van der Waals surface area (Å²) in [6.07, 6.45) is 9.94. The molecular weight excluding hydrogens is 304 g/mol. The molecule has 0 unspecified atom stereocenters.